The van der Waals surface area contributed by atoms with Crippen molar-refractivity contribution in [2.45, 2.75) is 10.9 Å². The Bertz CT molecular complexity index is 362. The molecule has 2 aliphatic rings. The van der Waals surface area contributed by atoms with Crippen molar-refractivity contribution in [3.63, 3.8) is 0 Å². The lowest BCUT2D eigenvalue weighted by molar-refractivity contribution is 0.539. The zero-order valence-electron chi connectivity index (χ0n) is 7.18. The fourth-order valence-corrected chi connectivity index (χ4v) is 3.16. The molecule has 0 bridgehead atoms. The van der Waals surface area contributed by atoms with Gasteiger partial charge in [-0.25, -0.2) is 0 Å². The molecule has 0 aromatic heterocycles. The largest absolute Gasteiger partial charge is 0.193 e. The molecule has 3 rings (SSSR count). The van der Waals surface area contributed by atoms with Crippen LogP contribution in [0.3, 0.4) is 0 Å². The van der Waals surface area contributed by atoms with Gasteiger partial charge in [0.15, 0.2) is 0 Å². The Balaban J connectivity index is 2.10. The zero-order chi connectivity index (χ0) is 8.67. The van der Waals surface area contributed by atoms with Crippen LogP contribution in [0.15, 0.2) is 39.4 Å². The van der Waals surface area contributed by atoms with E-state index in [-0.39, 0.29) is 0 Å². The van der Waals surface area contributed by atoms with E-state index < -0.39 is 0 Å². The first-order chi connectivity index (χ1) is 6.45. The van der Waals surface area contributed by atoms with Crippen molar-refractivity contribution in [1.82, 2.24) is 0 Å². The molecule has 0 fully saturated rings. The third-order valence-corrected chi connectivity index (χ3v) is 3.94. The van der Waals surface area contributed by atoms with Gasteiger partial charge in [-0.05, 0) is 11.6 Å². The van der Waals surface area contributed by atoms with Gasteiger partial charge in [-0.1, -0.05) is 18.2 Å². The molecule has 2 unspecified atom stereocenters. The summed E-state index contributed by atoms with van der Waals surface area (Å²) in [4.78, 5) is 1.39. The maximum atomic E-state index is 4.31. The van der Waals surface area contributed by atoms with Crippen molar-refractivity contribution in [1.29, 1.82) is 0 Å². The molecule has 0 aliphatic carbocycles. The molecule has 0 N–H and O–H groups in total. The number of fused-ring (bicyclic) bond motifs is 3. The van der Waals surface area contributed by atoms with Crippen molar-refractivity contribution in [2.24, 2.45) is 16.1 Å². The summed E-state index contributed by atoms with van der Waals surface area (Å²) in [5.41, 5.74) is 1.38. The average Bonchev–Trinajstić information content (AvgIpc) is 2.65. The van der Waals surface area contributed by atoms with Gasteiger partial charge in [0, 0.05) is 16.6 Å². The molecule has 2 heterocycles. The lowest BCUT2D eigenvalue weighted by Gasteiger charge is -2.24. The summed E-state index contributed by atoms with van der Waals surface area (Å²) in [5, 5.41) is 8.45. The van der Waals surface area contributed by atoms with E-state index in [9.17, 15) is 0 Å². The van der Waals surface area contributed by atoms with Crippen molar-refractivity contribution < 1.29 is 0 Å². The van der Waals surface area contributed by atoms with Crippen LogP contribution in [-0.2, 0) is 0 Å². The third kappa shape index (κ3) is 1.10. The van der Waals surface area contributed by atoms with Gasteiger partial charge in [-0.15, -0.1) is 11.8 Å². The fourth-order valence-electron chi connectivity index (χ4n) is 1.95. The van der Waals surface area contributed by atoms with E-state index >= 15 is 0 Å². The number of nitrogens with zero attached hydrogens (tertiary/aromatic N) is 2. The molecule has 1 aromatic carbocycles. The first-order valence-electron chi connectivity index (χ1n) is 4.53. The van der Waals surface area contributed by atoms with E-state index in [1.807, 2.05) is 11.8 Å². The topological polar surface area (TPSA) is 24.7 Å². The van der Waals surface area contributed by atoms with Gasteiger partial charge in [0.2, 0.25) is 0 Å². The molecule has 0 radical (unpaired) electrons. The van der Waals surface area contributed by atoms with Crippen molar-refractivity contribution in [2.75, 3.05) is 12.3 Å². The minimum Gasteiger partial charge on any atom is -0.193 e. The highest BCUT2D eigenvalue weighted by atomic mass is 32.2. The molecule has 2 aliphatic heterocycles. The molecule has 0 saturated heterocycles. The molecule has 0 saturated carbocycles. The van der Waals surface area contributed by atoms with Crippen LogP contribution in [-0.4, -0.2) is 12.3 Å². The average molecular weight is 190 g/mol. The van der Waals surface area contributed by atoms with Crippen LogP contribution in [0, 0.1) is 5.92 Å². The SMILES string of the molecule is c1ccc2c(c1)SCC1CN=NC21. The Morgan fingerprint density at radius 3 is 3.23 bits per heavy atom. The van der Waals surface area contributed by atoms with Gasteiger partial charge >= 0.3 is 0 Å². The maximum absolute atomic E-state index is 4.31. The summed E-state index contributed by atoms with van der Waals surface area (Å²) < 4.78 is 0. The van der Waals surface area contributed by atoms with Crippen LogP contribution in [0.25, 0.3) is 0 Å². The smallest absolute Gasteiger partial charge is 0.102 e. The van der Waals surface area contributed by atoms with E-state index in [0.29, 0.717) is 12.0 Å². The Kier molecular flexibility index (Phi) is 1.65. The molecule has 13 heavy (non-hydrogen) atoms. The van der Waals surface area contributed by atoms with E-state index in [1.165, 1.54) is 16.2 Å². The third-order valence-electron chi connectivity index (χ3n) is 2.66. The van der Waals surface area contributed by atoms with E-state index in [2.05, 4.69) is 34.5 Å². The van der Waals surface area contributed by atoms with Gasteiger partial charge in [-0.3, -0.25) is 0 Å². The van der Waals surface area contributed by atoms with Crippen LogP contribution < -0.4 is 0 Å². The molecule has 3 heteroatoms. The Labute approximate surface area is 81.4 Å². The summed E-state index contributed by atoms with van der Waals surface area (Å²) in [6, 6.07) is 8.92. The lowest BCUT2D eigenvalue weighted by Crippen LogP contribution is -2.17. The number of hydrogen-bond acceptors (Lipinski definition) is 3. The van der Waals surface area contributed by atoms with E-state index in [1.54, 1.807) is 0 Å². The predicted molar refractivity (Wildman–Crippen MR) is 53.1 cm³/mol. The van der Waals surface area contributed by atoms with Crippen molar-refractivity contribution >= 4 is 11.8 Å². The van der Waals surface area contributed by atoms with Gasteiger partial charge in [0.1, 0.15) is 6.04 Å². The second-order valence-electron chi connectivity index (χ2n) is 3.49. The predicted octanol–water partition coefficient (Wildman–Crippen LogP) is 2.92. The summed E-state index contributed by atoms with van der Waals surface area (Å²) in [7, 11) is 0. The van der Waals surface area contributed by atoms with Gasteiger partial charge < -0.3 is 0 Å². The van der Waals surface area contributed by atoms with Crippen LogP contribution >= 0.6 is 11.8 Å². The van der Waals surface area contributed by atoms with Crippen molar-refractivity contribution in [3.05, 3.63) is 29.8 Å². The van der Waals surface area contributed by atoms with Gasteiger partial charge in [-0.2, -0.15) is 10.2 Å². The molecular weight excluding hydrogens is 180 g/mol. The lowest BCUT2D eigenvalue weighted by atomic mass is 9.96. The molecule has 2 atom stereocenters. The van der Waals surface area contributed by atoms with Crippen LogP contribution in [0.2, 0.25) is 0 Å². The number of benzene rings is 1. The second kappa shape index (κ2) is 2.84. The van der Waals surface area contributed by atoms with Crippen LogP contribution in [0.4, 0.5) is 0 Å². The zero-order valence-corrected chi connectivity index (χ0v) is 8.00. The van der Waals surface area contributed by atoms with Crippen LogP contribution in [0.5, 0.6) is 0 Å². The molecule has 66 valence electrons. The maximum Gasteiger partial charge on any atom is 0.102 e. The highest BCUT2D eigenvalue weighted by molar-refractivity contribution is 7.99. The number of thioether (sulfide) groups is 1. The second-order valence-corrected chi connectivity index (χ2v) is 4.56. The highest BCUT2D eigenvalue weighted by Crippen LogP contribution is 2.44. The molecule has 1 aromatic rings. The first kappa shape index (κ1) is 7.56. The van der Waals surface area contributed by atoms with Gasteiger partial charge in [0.25, 0.3) is 0 Å². The summed E-state index contributed by atoms with van der Waals surface area (Å²) >= 11 is 1.95. The van der Waals surface area contributed by atoms with E-state index in [0.717, 1.165) is 6.54 Å². The summed E-state index contributed by atoms with van der Waals surface area (Å²) in [6.07, 6.45) is 0. The van der Waals surface area contributed by atoms with Crippen LogP contribution in [0.1, 0.15) is 11.6 Å². The monoisotopic (exact) mass is 190 g/mol. The molecular formula is C10H10N2S. The normalized spacial score (nSPS) is 29.8. The quantitative estimate of drug-likeness (QED) is 0.617. The van der Waals surface area contributed by atoms with E-state index in [4.69, 9.17) is 0 Å². The highest BCUT2D eigenvalue weighted by Gasteiger charge is 2.32. The summed E-state index contributed by atoms with van der Waals surface area (Å²) in [5.74, 6) is 1.83. The Morgan fingerprint density at radius 1 is 1.31 bits per heavy atom. The first-order valence-corrected chi connectivity index (χ1v) is 5.52. The Morgan fingerprint density at radius 2 is 2.23 bits per heavy atom. The van der Waals surface area contributed by atoms with Gasteiger partial charge in [0.05, 0.1) is 6.54 Å². The molecule has 0 amide bonds. The number of hydrogen-bond donors (Lipinski definition) is 0. The number of rotatable bonds is 0. The minimum absolute atomic E-state index is 0.359. The molecule has 0 spiro atoms. The Hall–Kier alpha value is -0.830. The molecule has 2 nitrogen and oxygen atoms in total. The summed E-state index contributed by atoms with van der Waals surface area (Å²) in [6.45, 7) is 0.923. The standard InChI is InChI=1S/C10H10N2S/c1-2-4-9-8(3-1)10-7(6-13-9)5-11-12-10/h1-4,7,10H,5-6H2. The number of azo groups is 1. The minimum atomic E-state index is 0.359. The fraction of sp³-hybridized carbons (Fsp3) is 0.400. The van der Waals surface area contributed by atoms with Crippen molar-refractivity contribution in [3.8, 4) is 0 Å².